The topological polar surface area (TPSA) is 97.8 Å². The van der Waals surface area contributed by atoms with E-state index in [2.05, 4.69) is 10.3 Å². The SMILES string of the molecule is COc1ccc(CCC(=O)Nc2ccc(SCC(=O)O)nc2)cc1OC. The molecular weight excluding hydrogens is 356 g/mol. The van der Waals surface area contributed by atoms with Crippen molar-refractivity contribution in [3.8, 4) is 11.5 Å². The highest BCUT2D eigenvalue weighted by Crippen LogP contribution is 2.28. The van der Waals surface area contributed by atoms with E-state index in [9.17, 15) is 9.59 Å². The molecule has 1 aromatic heterocycles. The molecule has 0 atom stereocenters. The van der Waals surface area contributed by atoms with Crippen molar-refractivity contribution in [2.24, 2.45) is 0 Å². The first kappa shape index (κ1) is 19.6. The second-order valence-corrected chi connectivity index (χ2v) is 6.30. The molecular formula is C18H20N2O5S. The first-order valence-corrected chi connectivity index (χ1v) is 8.81. The molecule has 138 valence electrons. The highest BCUT2D eigenvalue weighted by atomic mass is 32.2. The summed E-state index contributed by atoms with van der Waals surface area (Å²) in [6, 6.07) is 8.93. The summed E-state index contributed by atoms with van der Waals surface area (Å²) in [6.07, 6.45) is 2.38. The second kappa shape index (κ2) is 9.67. The standard InChI is InChI=1S/C18H20N2O5S/c1-24-14-6-3-12(9-15(14)25-2)4-7-16(21)20-13-5-8-17(19-10-13)26-11-18(22)23/h3,5-6,8-10H,4,7,11H2,1-2H3,(H,20,21)(H,22,23). The molecule has 2 rings (SSSR count). The van der Waals surface area contributed by atoms with Crippen molar-refractivity contribution in [2.75, 3.05) is 25.3 Å². The van der Waals surface area contributed by atoms with Crippen LogP contribution >= 0.6 is 11.8 Å². The van der Waals surface area contributed by atoms with Crippen LogP contribution in [0.3, 0.4) is 0 Å². The molecule has 1 amide bonds. The van der Waals surface area contributed by atoms with Crippen LogP contribution in [-0.2, 0) is 16.0 Å². The molecule has 0 saturated carbocycles. The molecule has 0 aliphatic heterocycles. The molecule has 0 bridgehead atoms. The highest BCUT2D eigenvalue weighted by Gasteiger charge is 2.08. The molecule has 0 aliphatic carbocycles. The summed E-state index contributed by atoms with van der Waals surface area (Å²) in [6.45, 7) is 0. The van der Waals surface area contributed by atoms with Crippen molar-refractivity contribution in [1.29, 1.82) is 0 Å². The Balaban J connectivity index is 1.86. The van der Waals surface area contributed by atoms with E-state index in [0.29, 0.717) is 35.1 Å². The van der Waals surface area contributed by atoms with Gasteiger partial charge in [0.15, 0.2) is 11.5 Å². The third-order valence-electron chi connectivity index (χ3n) is 3.45. The first-order chi connectivity index (χ1) is 12.5. The minimum absolute atomic E-state index is 0.0516. The molecule has 8 heteroatoms. The number of thioether (sulfide) groups is 1. The van der Waals surface area contributed by atoms with Crippen molar-refractivity contribution in [3.05, 3.63) is 42.1 Å². The molecule has 2 N–H and O–H groups in total. The Morgan fingerprint density at radius 1 is 1.15 bits per heavy atom. The lowest BCUT2D eigenvalue weighted by Gasteiger charge is -2.10. The van der Waals surface area contributed by atoms with Gasteiger partial charge in [0.2, 0.25) is 5.91 Å². The van der Waals surface area contributed by atoms with Gasteiger partial charge >= 0.3 is 5.97 Å². The first-order valence-electron chi connectivity index (χ1n) is 7.83. The van der Waals surface area contributed by atoms with Crippen molar-refractivity contribution >= 4 is 29.3 Å². The third-order valence-corrected chi connectivity index (χ3v) is 4.38. The highest BCUT2D eigenvalue weighted by molar-refractivity contribution is 7.99. The monoisotopic (exact) mass is 376 g/mol. The van der Waals surface area contributed by atoms with Crippen LogP contribution in [0.25, 0.3) is 0 Å². The van der Waals surface area contributed by atoms with E-state index in [0.717, 1.165) is 17.3 Å². The number of aryl methyl sites for hydroxylation is 1. The second-order valence-electron chi connectivity index (χ2n) is 5.31. The van der Waals surface area contributed by atoms with Crippen LogP contribution in [-0.4, -0.2) is 41.9 Å². The fourth-order valence-corrected chi connectivity index (χ4v) is 2.76. The van der Waals surface area contributed by atoms with Crippen molar-refractivity contribution in [2.45, 2.75) is 17.9 Å². The normalized spacial score (nSPS) is 10.2. The third kappa shape index (κ3) is 5.96. The number of rotatable bonds is 9. The molecule has 0 spiro atoms. The van der Waals surface area contributed by atoms with Crippen LogP contribution in [0.5, 0.6) is 11.5 Å². The number of carbonyl (C=O) groups excluding carboxylic acids is 1. The van der Waals surface area contributed by atoms with Crippen LogP contribution in [0, 0.1) is 0 Å². The van der Waals surface area contributed by atoms with E-state index >= 15 is 0 Å². The number of nitrogens with zero attached hydrogens (tertiary/aromatic N) is 1. The largest absolute Gasteiger partial charge is 0.493 e. The zero-order valence-corrected chi connectivity index (χ0v) is 15.3. The number of carbonyl (C=O) groups is 2. The fraction of sp³-hybridized carbons (Fsp3) is 0.278. The average Bonchev–Trinajstić information content (AvgIpc) is 2.65. The lowest BCUT2D eigenvalue weighted by atomic mass is 10.1. The van der Waals surface area contributed by atoms with Gasteiger partial charge in [0, 0.05) is 6.42 Å². The number of aromatic nitrogens is 1. The summed E-state index contributed by atoms with van der Waals surface area (Å²) in [5.41, 5.74) is 1.54. The van der Waals surface area contributed by atoms with Gasteiger partial charge in [-0.3, -0.25) is 9.59 Å². The Labute approximate surface area is 155 Å². The Morgan fingerprint density at radius 3 is 2.54 bits per heavy atom. The van der Waals surface area contributed by atoms with Gasteiger partial charge in [0.25, 0.3) is 0 Å². The molecule has 0 radical (unpaired) electrons. The minimum Gasteiger partial charge on any atom is -0.493 e. The van der Waals surface area contributed by atoms with E-state index in [1.807, 2.05) is 18.2 Å². The predicted octanol–water partition coefficient (Wildman–Crippen LogP) is 2.85. The van der Waals surface area contributed by atoms with Gasteiger partial charge in [-0.25, -0.2) is 4.98 Å². The van der Waals surface area contributed by atoms with Gasteiger partial charge in [-0.1, -0.05) is 17.8 Å². The number of aliphatic carboxylic acids is 1. The smallest absolute Gasteiger partial charge is 0.313 e. The van der Waals surface area contributed by atoms with Gasteiger partial charge in [0.1, 0.15) is 0 Å². The number of carboxylic acid groups (broad SMARTS) is 1. The van der Waals surface area contributed by atoms with Gasteiger partial charge in [-0.2, -0.15) is 0 Å². The molecule has 0 saturated heterocycles. The van der Waals surface area contributed by atoms with Crippen molar-refractivity contribution in [1.82, 2.24) is 4.98 Å². The van der Waals surface area contributed by atoms with Gasteiger partial charge in [-0.05, 0) is 36.2 Å². The van der Waals surface area contributed by atoms with Gasteiger partial charge < -0.3 is 19.9 Å². The maximum Gasteiger partial charge on any atom is 0.313 e. The quantitative estimate of drug-likeness (QED) is 0.649. The summed E-state index contributed by atoms with van der Waals surface area (Å²) in [5, 5.41) is 12.0. The molecule has 0 aliphatic rings. The number of hydrogen-bond acceptors (Lipinski definition) is 6. The van der Waals surface area contributed by atoms with Crippen LogP contribution < -0.4 is 14.8 Å². The van der Waals surface area contributed by atoms with Crippen LogP contribution in [0.15, 0.2) is 41.6 Å². The zero-order valence-electron chi connectivity index (χ0n) is 14.5. The Morgan fingerprint density at radius 2 is 1.92 bits per heavy atom. The molecule has 7 nitrogen and oxygen atoms in total. The number of benzene rings is 1. The molecule has 1 aromatic carbocycles. The van der Waals surface area contributed by atoms with E-state index in [1.165, 1.54) is 6.20 Å². The van der Waals surface area contributed by atoms with Crippen LogP contribution in [0.2, 0.25) is 0 Å². The Kier molecular flexibility index (Phi) is 7.28. The fourth-order valence-electron chi connectivity index (χ4n) is 2.19. The zero-order chi connectivity index (χ0) is 18.9. The van der Waals surface area contributed by atoms with Crippen molar-refractivity contribution < 1.29 is 24.2 Å². The summed E-state index contributed by atoms with van der Waals surface area (Å²) in [5.74, 6) is 0.192. The Hall–Kier alpha value is -2.74. The van der Waals surface area contributed by atoms with Crippen LogP contribution in [0.1, 0.15) is 12.0 Å². The van der Waals surface area contributed by atoms with E-state index in [1.54, 1.807) is 26.4 Å². The number of hydrogen-bond donors (Lipinski definition) is 2. The van der Waals surface area contributed by atoms with Crippen molar-refractivity contribution in [3.63, 3.8) is 0 Å². The summed E-state index contributed by atoms with van der Waals surface area (Å²) < 4.78 is 10.4. The lowest BCUT2D eigenvalue weighted by Crippen LogP contribution is -2.12. The van der Waals surface area contributed by atoms with Gasteiger partial charge in [-0.15, -0.1) is 0 Å². The predicted molar refractivity (Wildman–Crippen MR) is 99.1 cm³/mol. The molecule has 1 heterocycles. The Bertz CT molecular complexity index is 765. The lowest BCUT2D eigenvalue weighted by molar-refractivity contribution is -0.133. The van der Waals surface area contributed by atoms with E-state index in [-0.39, 0.29) is 11.7 Å². The molecule has 0 fully saturated rings. The van der Waals surface area contributed by atoms with Gasteiger partial charge in [0.05, 0.1) is 36.9 Å². The molecule has 0 unspecified atom stereocenters. The number of carboxylic acids is 1. The number of ether oxygens (including phenoxy) is 2. The number of methoxy groups -OCH3 is 2. The molecule has 2 aromatic rings. The minimum atomic E-state index is -0.899. The number of nitrogens with one attached hydrogen (secondary N) is 1. The molecule has 26 heavy (non-hydrogen) atoms. The summed E-state index contributed by atoms with van der Waals surface area (Å²) >= 11 is 1.12. The number of amides is 1. The van der Waals surface area contributed by atoms with Crippen LogP contribution in [0.4, 0.5) is 5.69 Å². The summed E-state index contributed by atoms with van der Waals surface area (Å²) in [7, 11) is 3.14. The number of pyridine rings is 1. The average molecular weight is 376 g/mol. The number of anilines is 1. The van der Waals surface area contributed by atoms with E-state index < -0.39 is 5.97 Å². The van der Waals surface area contributed by atoms with E-state index in [4.69, 9.17) is 14.6 Å². The summed E-state index contributed by atoms with van der Waals surface area (Å²) in [4.78, 5) is 26.7. The maximum absolute atomic E-state index is 12.1. The maximum atomic E-state index is 12.1.